The lowest BCUT2D eigenvalue weighted by Gasteiger charge is -2.40. The second kappa shape index (κ2) is 7.27. The van der Waals surface area contributed by atoms with Gasteiger partial charge in [-0.25, -0.2) is 0 Å². The molecule has 3 atom stereocenters. The Morgan fingerprint density at radius 3 is 2.68 bits per heavy atom. The molecule has 2 aliphatic rings. The number of benzene rings is 1. The van der Waals surface area contributed by atoms with Crippen molar-refractivity contribution in [1.29, 1.82) is 0 Å². The van der Waals surface area contributed by atoms with Gasteiger partial charge in [-0.05, 0) is 18.6 Å². The highest BCUT2D eigenvalue weighted by molar-refractivity contribution is 5.54. The Balaban J connectivity index is 1.62. The molecule has 1 aromatic carbocycles. The van der Waals surface area contributed by atoms with Crippen LogP contribution in [0.5, 0.6) is 11.5 Å². The summed E-state index contributed by atoms with van der Waals surface area (Å²) >= 11 is 0. The van der Waals surface area contributed by atoms with Crippen LogP contribution in [0, 0.1) is 16.0 Å². The van der Waals surface area contributed by atoms with E-state index in [1.54, 1.807) is 12.1 Å². The number of aromatic nitrogens is 1. The second-order valence-electron chi connectivity index (χ2n) is 7.63. The maximum atomic E-state index is 12.2. The van der Waals surface area contributed by atoms with Crippen molar-refractivity contribution >= 4 is 5.69 Å². The monoisotopic (exact) mass is 386 g/mol. The van der Waals surface area contributed by atoms with Gasteiger partial charge in [-0.1, -0.05) is 6.07 Å². The molecule has 1 fully saturated rings. The number of nitro benzene ring substituents is 1. The molecule has 4 rings (SSSR count). The number of pyridine rings is 1. The fraction of sp³-hybridized carbons (Fsp3) is 0.450. The van der Waals surface area contributed by atoms with E-state index in [4.69, 9.17) is 9.47 Å². The summed E-state index contributed by atoms with van der Waals surface area (Å²) in [6.07, 6.45) is 1.07. The summed E-state index contributed by atoms with van der Waals surface area (Å²) in [5.74, 6) is 1.56. The zero-order chi connectivity index (χ0) is 19.8. The number of fused-ring (bicyclic) bond motifs is 4. The largest absolute Gasteiger partial charge is 0.493 e. The number of nitrogens with zero attached hydrogens (tertiary/aromatic N) is 2. The van der Waals surface area contributed by atoms with Gasteiger partial charge in [0, 0.05) is 30.1 Å². The first-order valence-electron chi connectivity index (χ1n) is 9.42. The van der Waals surface area contributed by atoms with Gasteiger partial charge in [0.2, 0.25) is 0 Å². The Labute approximate surface area is 162 Å². The van der Waals surface area contributed by atoms with Crippen molar-refractivity contribution in [3.8, 4) is 11.5 Å². The van der Waals surface area contributed by atoms with Crippen LogP contribution in [0.4, 0.5) is 5.69 Å². The molecule has 0 aliphatic carbocycles. The zero-order valence-electron chi connectivity index (χ0n) is 16.0. The lowest BCUT2D eigenvalue weighted by Crippen LogP contribution is -3.13. The molecule has 2 aliphatic heterocycles. The number of piperidine rings is 1. The minimum atomic E-state index is -0.365. The topological polar surface area (TPSA) is 88.0 Å². The number of likely N-dealkylation sites (tertiary alicyclic amines) is 1. The van der Waals surface area contributed by atoms with Gasteiger partial charge in [0.15, 0.2) is 11.5 Å². The molecule has 1 unspecified atom stereocenters. The third-order valence-electron chi connectivity index (χ3n) is 5.89. The van der Waals surface area contributed by atoms with Gasteiger partial charge in [0.1, 0.15) is 6.54 Å². The smallest absolute Gasteiger partial charge is 0.282 e. The number of quaternary nitrogens is 1. The minimum Gasteiger partial charge on any atom is -0.493 e. The summed E-state index contributed by atoms with van der Waals surface area (Å²) in [4.78, 5) is 24.7. The molecule has 8 nitrogen and oxygen atoms in total. The summed E-state index contributed by atoms with van der Waals surface area (Å²) in [6.45, 7) is 3.01. The van der Waals surface area contributed by atoms with Crippen LogP contribution in [0.3, 0.4) is 0 Å². The van der Waals surface area contributed by atoms with Crippen molar-refractivity contribution in [2.45, 2.75) is 25.4 Å². The van der Waals surface area contributed by atoms with E-state index in [-0.39, 0.29) is 16.2 Å². The van der Waals surface area contributed by atoms with E-state index in [0.717, 1.165) is 31.7 Å². The molecule has 1 aromatic heterocycles. The molecule has 2 bridgehead atoms. The first-order chi connectivity index (χ1) is 13.5. The van der Waals surface area contributed by atoms with Gasteiger partial charge in [0.25, 0.3) is 11.2 Å². The number of nitro groups is 1. The molecule has 0 spiro atoms. The van der Waals surface area contributed by atoms with E-state index in [1.165, 1.54) is 25.2 Å². The number of hydrogen-bond donors (Lipinski definition) is 1. The lowest BCUT2D eigenvalue weighted by molar-refractivity contribution is -0.924. The van der Waals surface area contributed by atoms with Crippen molar-refractivity contribution in [3.05, 3.63) is 62.1 Å². The van der Waals surface area contributed by atoms with E-state index >= 15 is 0 Å². The molecule has 148 valence electrons. The van der Waals surface area contributed by atoms with Crippen LogP contribution in [0.1, 0.15) is 23.6 Å². The summed E-state index contributed by atoms with van der Waals surface area (Å²) in [7, 11) is 3.00. The standard InChI is InChI=1S/C20H23N3O5/c1-27-18-7-15(17(23(25)26)8-19(18)28-2)12-21-9-13-6-14(11-21)16-4-3-5-20(24)22(16)10-13/h3-5,7-8,13-14H,6,9-12H2,1-2H3/p+1/t13-,14+/m1/s1. The maximum Gasteiger partial charge on any atom is 0.282 e. The quantitative estimate of drug-likeness (QED) is 0.611. The van der Waals surface area contributed by atoms with Crippen LogP contribution in [0.25, 0.3) is 0 Å². The van der Waals surface area contributed by atoms with E-state index in [2.05, 4.69) is 0 Å². The number of nitrogens with one attached hydrogen (secondary N) is 1. The van der Waals surface area contributed by atoms with Gasteiger partial charge in [-0.2, -0.15) is 0 Å². The van der Waals surface area contributed by atoms with Gasteiger partial charge in [0.05, 0.1) is 43.9 Å². The predicted octanol–water partition coefficient (Wildman–Crippen LogP) is 0.976. The highest BCUT2D eigenvalue weighted by atomic mass is 16.6. The lowest BCUT2D eigenvalue weighted by atomic mass is 9.83. The average molecular weight is 386 g/mol. The van der Waals surface area contributed by atoms with E-state index in [1.807, 2.05) is 16.7 Å². The number of methoxy groups -OCH3 is 2. The van der Waals surface area contributed by atoms with Crippen LogP contribution in [-0.2, 0) is 13.1 Å². The fourth-order valence-corrected chi connectivity index (χ4v) is 4.76. The average Bonchev–Trinajstić information content (AvgIpc) is 2.68. The minimum absolute atomic E-state index is 0.0532. The first kappa shape index (κ1) is 18.5. The van der Waals surface area contributed by atoms with Crippen molar-refractivity contribution in [2.24, 2.45) is 5.92 Å². The van der Waals surface area contributed by atoms with Crippen LogP contribution in [0.2, 0.25) is 0 Å². The highest BCUT2D eigenvalue weighted by Crippen LogP contribution is 2.35. The fourth-order valence-electron chi connectivity index (χ4n) is 4.76. The van der Waals surface area contributed by atoms with Gasteiger partial charge in [-0.3, -0.25) is 14.9 Å². The number of hydrogen-bond acceptors (Lipinski definition) is 5. The molecule has 3 heterocycles. The van der Waals surface area contributed by atoms with E-state index in [0.29, 0.717) is 35.4 Å². The van der Waals surface area contributed by atoms with Crippen molar-refractivity contribution in [1.82, 2.24) is 4.57 Å². The summed E-state index contributed by atoms with van der Waals surface area (Å²) < 4.78 is 12.5. The zero-order valence-corrected chi connectivity index (χ0v) is 16.0. The molecule has 8 heteroatoms. The highest BCUT2D eigenvalue weighted by Gasteiger charge is 2.38. The van der Waals surface area contributed by atoms with Crippen LogP contribution in [0.15, 0.2) is 35.1 Å². The Bertz CT molecular complexity index is 971. The number of rotatable bonds is 5. The third-order valence-corrected chi connectivity index (χ3v) is 5.89. The molecule has 28 heavy (non-hydrogen) atoms. The van der Waals surface area contributed by atoms with Crippen molar-refractivity contribution in [3.63, 3.8) is 0 Å². The van der Waals surface area contributed by atoms with E-state index < -0.39 is 0 Å². The van der Waals surface area contributed by atoms with Crippen LogP contribution in [-0.4, -0.2) is 36.8 Å². The van der Waals surface area contributed by atoms with E-state index in [9.17, 15) is 14.9 Å². The molecular formula is C20H24N3O5+. The van der Waals surface area contributed by atoms with Crippen LogP contribution < -0.4 is 19.9 Å². The molecule has 2 aromatic rings. The maximum absolute atomic E-state index is 12.2. The molecule has 1 saturated heterocycles. The Hall–Kier alpha value is -2.87. The first-order valence-corrected chi connectivity index (χ1v) is 9.42. The summed E-state index contributed by atoms with van der Waals surface area (Å²) in [6, 6.07) is 8.62. The van der Waals surface area contributed by atoms with Gasteiger partial charge < -0.3 is 18.9 Å². The van der Waals surface area contributed by atoms with Gasteiger partial charge >= 0.3 is 0 Å². The molecule has 0 amide bonds. The van der Waals surface area contributed by atoms with Crippen molar-refractivity contribution in [2.75, 3.05) is 27.3 Å². The predicted molar refractivity (Wildman–Crippen MR) is 102 cm³/mol. The van der Waals surface area contributed by atoms with Crippen LogP contribution >= 0.6 is 0 Å². The number of ether oxygens (including phenoxy) is 2. The molecular weight excluding hydrogens is 362 g/mol. The Kier molecular flexibility index (Phi) is 4.80. The Morgan fingerprint density at radius 2 is 1.96 bits per heavy atom. The molecule has 1 N–H and O–H groups in total. The van der Waals surface area contributed by atoms with Crippen molar-refractivity contribution < 1.29 is 19.3 Å². The Morgan fingerprint density at radius 1 is 1.21 bits per heavy atom. The van der Waals surface area contributed by atoms with Gasteiger partial charge in [-0.15, -0.1) is 0 Å². The SMILES string of the molecule is COc1cc(C[NH+]2C[C@H]3C[C@@H](C2)c2cccc(=O)n2C3)c([N+](=O)[O-])cc1OC. The molecule has 0 radical (unpaired) electrons. The summed E-state index contributed by atoms with van der Waals surface area (Å²) in [5.41, 5.74) is 1.84. The second-order valence-corrected chi connectivity index (χ2v) is 7.63. The molecule has 0 saturated carbocycles. The summed E-state index contributed by atoms with van der Waals surface area (Å²) in [5, 5.41) is 11.6. The normalized spacial score (nSPS) is 23.0. The third kappa shape index (κ3) is 3.24.